The number of furan rings is 1. The Morgan fingerprint density at radius 3 is 3.00 bits per heavy atom. The topological polar surface area (TPSA) is 28.4 Å². The van der Waals surface area contributed by atoms with E-state index in [2.05, 4.69) is 16.3 Å². The molecule has 1 aliphatic carbocycles. The Morgan fingerprint density at radius 1 is 1.26 bits per heavy atom. The van der Waals surface area contributed by atoms with Gasteiger partial charge >= 0.3 is 0 Å². The van der Waals surface area contributed by atoms with Crippen molar-refractivity contribution in [1.82, 2.24) is 10.2 Å². The van der Waals surface area contributed by atoms with Gasteiger partial charge in [0, 0.05) is 18.2 Å². The molecule has 1 aliphatic heterocycles. The lowest BCUT2D eigenvalue weighted by Gasteiger charge is -2.43. The van der Waals surface area contributed by atoms with Crippen LogP contribution in [0.4, 0.5) is 0 Å². The van der Waals surface area contributed by atoms with Gasteiger partial charge in [-0.3, -0.25) is 4.90 Å². The Balaban J connectivity index is 1.63. The Bertz CT molecular complexity index is 399. The van der Waals surface area contributed by atoms with Gasteiger partial charge in [-0.25, -0.2) is 0 Å². The van der Waals surface area contributed by atoms with Crippen molar-refractivity contribution in [2.75, 3.05) is 13.6 Å². The number of nitrogens with one attached hydrogen (secondary N) is 1. The van der Waals surface area contributed by atoms with Gasteiger partial charge in [0.1, 0.15) is 5.76 Å². The maximum Gasteiger partial charge on any atom is 0.118 e. The molecule has 0 radical (unpaired) electrons. The fraction of sp³-hybridized carbons (Fsp3) is 0.750. The fourth-order valence-electron chi connectivity index (χ4n) is 3.93. The van der Waals surface area contributed by atoms with E-state index >= 15 is 0 Å². The molecule has 3 nitrogen and oxygen atoms in total. The van der Waals surface area contributed by atoms with Crippen molar-refractivity contribution in [3.8, 4) is 0 Å². The summed E-state index contributed by atoms with van der Waals surface area (Å²) in [6.45, 7) is 3.16. The van der Waals surface area contributed by atoms with Crippen LogP contribution in [-0.4, -0.2) is 24.5 Å². The van der Waals surface area contributed by atoms with E-state index in [1.54, 1.807) is 0 Å². The first-order valence-corrected chi connectivity index (χ1v) is 7.82. The van der Waals surface area contributed by atoms with Crippen LogP contribution in [0.25, 0.3) is 0 Å². The van der Waals surface area contributed by atoms with E-state index in [1.165, 1.54) is 50.6 Å². The lowest BCUT2D eigenvalue weighted by Crippen LogP contribution is -2.46. The molecule has 1 saturated carbocycles. The van der Waals surface area contributed by atoms with Crippen LogP contribution in [0.2, 0.25) is 0 Å². The predicted octanol–water partition coefficient (Wildman–Crippen LogP) is 3.15. The predicted molar refractivity (Wildman–Crippen MR) is 76.9 cm³/mol. The van der Waals surface area contributed by atoms with Gasteiger partial charge in [-0.1, -0.05) is 12.8 Å². The molecule has 0 bridgehead atoms. The van der Waals surface area contributed by atoms with Crippen molar-refractivity contribution in [2.24, 2.45) is 5.92 Å². The number of hydrogen-bond donors (Lipinski definition) is 1. The van der Waals surface area contributed by atoms with Crippen LogP contribution in [0.15, 0.2) is 16.7 Å². The smallest absolute Gasteiger partial charge is 0.118 e. The van der Waals surface area contributed by atoms with Crippen LogP contribution in [0.5, 0.6) is 0 Å². The van der Waals surface area contributed by atoms with Crippen LogP contribution in [-0.2, 0) is 13.1 Å². The van der Waals surface area contributed by atoms with Crippen LogP contribution >= 0.6 is 0 Å². The first-order chi connectivity index (χ1) is 9.36. The summed E-state index contributed by atoms with van der Waals surface area (Å²) in [7, 11) is 1.98. The lowest BCUT2D eigenvalue weighted by molar-refractivity contribution is 0.0495. The maximum atomic E-state index is 5.72. The van der Waals surface area contributed by atoms with Gasteiger partial charge in [0.15, 0.2) is 0 Å². The lowest BCUT2D eigenvalue weighted by atomic mass is 9.78. The molecule has 2 fully saturated rings. The number of fused-ring (bicyclic) bond motifs is 1. The van der Waals surface area contributed by atoms with Crippen molar-refractivity contribution < 1.29 is 4.42 Å². The molecule has 1 N–H and O–H groups in total. The van der Waals surface area contributed by atoms with Crippen LogP contribution in [0.1, 0.15) is 49.8 Å². The highest BCUT2D eigenvalue weighted by molar-refractivity contribution is 5.12. The van der Waals surface area contributed by atoms with E-state index in [4.69, 9.17) is 4.42 Å². The third-order valence-corrected chi connectivity index (χ3v) is 4.81. The number of piperidine rings is 1. The highest BCUT2D eigenvalue weighted by atomic mass is 16.3. The summed E-state index contributed by atoms with van der Waals surface area (Å²) in [6.07, 6.45) is 10.4. The van der Waals surface area contributed by atoms with Crippen molar-refractivity contribution in [3.63, 3.8) is 0 Å². The molecule has 0 unspecified atom stereocenters. The Kier molecular flexibility index (Phi) is 4.24. The van der Waals surface area contributed by atoms with Gasteiger partial charge < -0.3 is 9.73 Å². The highest BCUT2D eigenvalue weighted by Crippen LogP contribution is 2.35. The third-order valence-electron chi connectivity index (χ3n) is 4.81. The zero-order valence-electron chi connectivity index (χ0n) is 12.0. The molecule has 1 aromatic rings. The largest absolute Gasteiger partial charge is 0.468 e. The molecule has 0 aromatic carbocycles. The number of rotatable bonds is 4. The summed E-state index contributed by atoms with van der Waals surface area (Å²) in [5.74, 6) is 2.09. The van der Waals surface area contributed by atoms with E-state index in [1.807, 2.05) is 13.3 Å². The molecule has 2 atom stereocenters. The van der Waals surface area contributed by atoms with Gasteiger partial charge in [0.25, 0.3) is 0 Å². The Morgan fingerprint density at radius 2 is 2.11 bits per heavy atom. The standard InChI is InChI=1S/C16H26N2O/c1-17-10-13-9-15(19-12-13)11-18-8-4-6-14-5-2-3-7-16(14)18/h9,12,14,16-17H,2-8,10-11H2,1H3/t14-,16-/m1/s1. The second-order valence-electron chi connectivity index (χ2n) is 6.18. The van der Waals surface area contributed by atoms with Crippen molar-refractivity contribution >= 4 is 0 Å². The molecule has 2 aliphatic rings. The van der Waals surface area contributed by atoms with Crippen molar-refractivity contribution in [3.05, 3.63) is 23.7 Å². The Labute approximate surface area is 116 Å². The SMILES string of the molecule is CNCc1coc(CN2CCC[C@H]3CCCC[C@H]32)c1. The molecular weight excluding hydrogens is 236 g/mol. The van der Waals surface area contributed by atoms with Gasteiger partial charge in [0.2, 0.25) is 0 Å². The van der Waals surface area contributed by atoms with E-state index in [9.17, 15) is 0 Å². The number of nitrogens with zero attached hydrogens (tertiary/aromatic N) is 1. The molecule has 0 spiro atoms. The minimum Gasteiger partial charge on any atom is -0.468 e. The molecule has 106 valence electrons. The van der Waals surface area contributed by atoms with Crippen molar-refractivity contribution in [2.45, 2.75) is 57.7 Å². The molecule has 3 rings (SSSR count). The minimum atomic E-state index is 0.820. The first-order valence-electron chi connectivity index (χ1n) is 7.82. The zero-order chi connectivity index (χ0) is 13.1. The number of hydrogen-bond acceptors (Lipinski definition) is 3. The number of likely N-dealkylation sites (tertiary alicyclic amines) is 1. The molecule has 3 heteroatoms. The van der Waals surface area contributed by atoms with Gasteiger partial charge in [-0.05, 0) is 51.3 Å². The van der Waals surface area contributed by atoms with E-state index in [-0.39, 0.29) is 0 Å². The summed E-state index contributed by atoms with van der Waals surface area (Å²) < 4.78 is 5.72. The monoisotopic (exact) mass is 262 g/mol. The first kappa shape index (κ1) is 13.2. The normalized spacial score (nSPS) is 28.3. The van der Waals surface area contributed by atoms with Gasteiger partial charge in [-0.15, -0.1) is 0 Å². The summed E-state index contributed by atoms with van der Waals surface area (Å²) >= 11 is 0. The molecule has 1 aromatic heterocycles. The fourth-order valence-corrected chi connectivity index (χ4v) is 3.93. The molecule has 1 saturated heterocycles. The minimum absolute atomic E-state index is 0.820. The average Bonchev–Trinajstić information content (AvgIpc) is 2.87. The summed E-state index contributed by atoms with van der Waals surface area (Å²) in [5, 5.41) is 3.17. The molecule has 19 heavy (non-hydrogen) atoms. The van der Waals surface area contributed by atoms with Crippen LogP contribution < -0.4 is 5.32 Å². The summed E-state index contributed by atoms with van der Waals surface area (Å²) in [6, 6.07) is 3.03. The van der Waals surface area contributed by atoms with E-state index in [0.29, 0.717) is 0 Å². The van der Waals surface area contributed by atoms with Gasteiger partial charge in [0.05, 0.1) is 12.8 Å². The van der Waals surface area contributed by atoms with E-state index in [0.717, 1.165) is 30.8 Å². The van der Waals surface area contributed by atoms with Gasteiger partial charge in [-0.2, -0.15) is 0 Å². The zero-order valence-corrected chi connectivity index (χ0v) is 12.0. The maximum absolute atomic E-state index is 5.72. The highest BCUT2D eigenvalue weighted by Gasteiger charge is 2.33. The average molecular weight is 262 g/mol. The van der Waals surface area contributed by atoms with Crippen molar-refractivity contribution in [1.29, 1.82) is 0 Å². The summed E-state index contributed by atoms with van der Waals surface area (Å²) in [5.41, 5.74) is 1.26. The summed E-state index contributed by atoms with van der Waals surface area (Å²) in [4.78, 5) is 2.68. The molecule has 2 heterocycles. The Hall–Kier alpha value is -0.800. The molecular formula is C16H26N2O. The van der Waals surface area contributed by atoms with Crippen LogP contribution in [0.3, 0.4) is 0 Å². The second-order valence-corrected chi connectivity index (χ2v) is 6.18. The van der Waals surface area contributed by atoms with E-state index < -0.39 is 0 Å². The quantitative estimate of drug-likeness (QED) is 0.903. The van der Waals surface area contributed by atoms with Crippen LogP contribution in [0, 0.1) is 5.92 Å². The third kappa shape index (κ3) is 3.03. The second kappa shape index (κ2) is 6.10. The molecule has 0 amide bonds.